The Bertz CT molecular complexity index is 1150. The van der Waals surface area contributed by atoms with Crippen LogP contribution in [0.3, 0.4) is 0 Å². The Balaban J connectivity index is 1.86. The summed E-state index contributed by atoms with van der Waals surface area (Å²) in [5, 5.41) is 9.16. The molecule has 0 atom stereocenters. The standard InChI is InChI=1S/C21H18FN5OS/c1-3-23-20(28)16-12-25-27(19(16)17-5-4-10-29-17)21-24-11-13(2)18(26-21)14-6-8-15(22)9-7-14/h4-12H,3H2,1-2H3,(H,23,28). The van der Waals surface area contributed by atoms with Gasteiger partial charge in [-0.3, -0.25) is 4.79 Å². The van der Waals surface area contributed by atoms with Crippen molar-refractivity contribution >= 4 is 17.2 Å². The topological polar surface area (TPSA) is 72.7 Å². The van der Waals surface area contributed by atoms with E-state index in [0.717, 1.165) is 16.0 Å². The van der Waals surface area contributed by atoms with Crippen LogP contribution in [0.1, 0.15) is 22.8 Å². The van der Waals surface area contributed by atoms with Crippen LogP contribution >= 0.6 is 11.3 Å². The zero-order valence-electron chi connectivity index (χ0n) is 15.9. The summed E-state index contributed by atoms with van der Waals surface area (Å²) in [6, 6.07) is 9.99. The lowest BCUT2D eigenvalue weighted by Crippen LogP contribution is -2.23. The number of benzene rings is 1. The van der Waals surface area contributed by atoms with Crippen LogP contribution in [0.2, 0.25) is 0 Å². The monoisotopic (exact) mass is 407 g/mol. The Labute approximate surface area is 171 Å². The summed E-state index contributed by atoms with van der Waals surface area (Å²) in [5.74, 6) is -0.166. The maximum Gasteiger partial charge on any atom is 0.255 e. The predicted octanol–water partition coefficient (Wildman–Crippen LogP) is 4.26. The number of nitrogens with zero attached hydrogens (tertiary/aromatic N) is 4. The van der Waals surface area contributed by atoms with Crippen LogP contribution in [0.25, 0.3) is 27.8 Å². The van der Waals surface area contributed by atoms with Gasteiger partial charge in [0.05, 0.1) is 22.3 Å². The number of carbonyl (C=O) groups is 1. The minimum absolute atomic E-state index is 0.201. The van der Waals surface area contributed by atoms with E-state index in [1.807, 2.05) is 31.4 Å². The summed E-state index contributed by atoms with van der Waals surface area (Å²) >= 11 is 1.51. The molecule has 1 aromatic carbocycles. The number of nitrogens with one attached hydrogen (secondary N) is 1. The predicted molar refractivity (Wildman–Crippen MR) is 111 cm³/mol. The fourth-order valence-corrected chi connectivity index (χ4v) is 3.78. The second kappa shape index (κ2) is 7.92. The molecule has 3 aromatic heterocycles. The molecular formula is C21H18FN5OS. The lowest BCUT2D eigenvalue weighted by molar-refractivity contribution is 0.0956. The Kier molecular flexibility index (Phi) is 5.18. The molecule has 6 nitrogen and oxygen atoms in total. The normalized spacial score (nSPS) is 10.9. The van der Waals surface area contributed by atoms with Gasteiger partial charge in [-0.2, -0.15) is 9.78 Å². The van der Waals surface area contributed by atoms with Gasteiger partial charge in [0.1, 0.15) is 11.5 Å². The number of halogens is 1. The zero-order chi connectivity index (χ0) is 20.4. The van der Waals surface area contributed by atoms with Gasteiger partial charge in [0, 0.05) is 18.3 Å². The molecular weight excluding hydrogens is 389 g/mol. The van der Waals surface area contributed by atoms with Crippen molar-refractivity contribution in [3.05, 3.63) is 71.1 Å². The number of thiophene rings is 1. The summed E-state index contributed by atoms with van der Waals surface area (Å²) < 4.78 is 14.9. The fraction of sp³-hybridized carbons (Fsp3) is 0.143. The van der Waals surface area contributed by atoms with Crippen molar-refractivity contribution in [2.75, 3.05) is 6.54 Å². The van der Waals surface area contributed by atoms with Gasteiger partial charge < -0.3 is 5.32 Å². The molecule has 0 bridgehead atoms. The first-order valence-electron chi connectivity index (χ1n) is 9.08. The highest BCUT2D eigenvalue weighted by atomic mass is 32.1. The summed E-state index contributed by atoms with van der Waals surface area (Å²) in [4.78, 5) is 22.5. The summed E-state index contributed by atoms with van der Waals surface area (Å²) in [6.07, 6.45) is 3.23. The number of rotatable bonds is 5. The van der Waals surface area contributed by atoms with Gasteiger partial charge in [0.15, 0.2) is 0 Å². The van der Waals surface area contributed by atoms with E-state index in [9.17, 15) is 9.18 Å². The van der Waals surface area contributed by atoms with Crippen LogP contribution < -0.4 is 5.32 Å². The van der Waals surface area contributed by atoms with E-state index in [2.05, 4.69) is 20.4 Å². The van der Waals surface area contributed by atoms with E-state index in [1.54, 1.807) is 23.0 Å². The highest BCUT2D eigenvalue weighted by Gasteiger charge is 2.22. The van der Waals surface area contributed by atoms with Crippen LogP contribution in [0.5, 0.6) is 0 Å². The van der Waals surface area contributed by atoms with Gasteiger partial charge in [-0.15, -0.1) is 11.3 Å². The molecule has 0 aliphatic heterocycles. The second-order valence-electron chi connectivity index (χ2n) is 6.36. The number of hydrogen-bond acceptors (Lipinski definition) is 5. The largest absolute Gasteiger partial charge is 0.352 e. The van der Waals surface area contributed by atoms with Gasteiger partial charge in [-0.1, -0.05) is 6.07 Å². The fourth-order valence-electron chi connectivity index (χ4n) is 3.01. The molecule has 146 valence electrons. The van der Waals surface area contributed by atoms with E-state index in [0.29, 0.717) is 29.4 Å². The average Bonchev–Trinajstić information content (AvgIpc) is 3.39. The first kappa shape index (κ1) is 18.9. The van der Waals surface area contributed by atoms with Crippen molar-refractivity contribution in [2.45, 2.75) is 13.8 Å². The van der Waals surface area contributed by atoms with Crippen LogP contribution in [0.4, 0.5) is 4.39 Å². The van der Waals surface area contributed by atoms with Crippen LogP contribution in [-0.4, -0.2) is 32.2 Å². The molecule has 0 aliphatic rings. The molecule has 8 heteroatoms. The lowest BCUT2D eigenvalue weighted by atomic mass is 10.1. The SMILES string of the molecule is CCNC(=O)c1cnn(-c2ncc(C)c(-c3ccc(F)cc3)n2)c1-c1cccs1. The third kappa shape index (κ3) is 3.66. The summed E-state index contributed by atoms with van der Waals surface area (Å²) in [6.45, 7) is 4.28. The second-order valence-corrected chi connectivity index (χ2v) is 7.31. The van der Waals surface area contributed by atoms with Gasteiger partial charge in [-0.25, -0.2) is 14.4 Å². The van der Waals surface area contributed by atoms with E-state index in [-0.39, 0.29) is 11.7 Å². The van der Waals surface area contributed by atoms with Gasteiger partial charge in [-0.05, 0) is 55.1 Å². The molecule has 0 saturated carbocycles. The van der Waals surface area contributed by atoms with Gasteiger partial charge in [0.2, 0.25) is 0 Å². The van der Waals surface area contributed by atoms with Crippen LogP contribution in [-0.2, 0) is 0 Å². The van der Waals surface area contributed by atoms with E-state index >= 15 is 0 Å². The van der Waals surface area contributed by atoms with E-state index < -0.39 is 0 Å². The first-order valence-corrected chi connectivity index (χ1v) is 9.96. The molecule has 0 unspecified atom stereocenters. The molecule has 4 aromatic rings. The molecule has 0 spiro atoms. The van der Waals surface area contributed by atoms with E-state index in [1.165, 1.54) is 29.7 Å². The Morgan fingerprint density at radius 2 is 2.00 bits per heavy atom. The van der Waals surface area contributed by atoms with Crippen molar-refractivity contribution in [1.29, 1.82) is 0 Å². The molecule has 0 saturated heterocycles. The molecule has 0 aliphatic carbocycles. The maximum absolute atomic E-state index is 13.3. The zero-order valence-corrected chi connectivity index (χ0v) is 16.7. The minimum Gasteiger partial charge on any atom is -0.352 e. The van der Waals surface area contributed by atoms with Crippen molar-refractivity contribution in [1.82, 2.24) is 25.1 Å². The van der Waals surface area contributed by atoms with Gasteiger partial charge >= 0.3 is 0 Å². The molecule has 1 N–H and O–H groups in total. The van der Waals surface area contributed by atoms with Crippen molar-refractivity contribution in [3.63, 3.8) is 0 Å². The highest BCUT2D eigenvalue weighted by molar-refractivity contribution is 7.13. The van der Waals surface area contributed by atoms with Crippen molar-refractivity contribution in [2.24, 2.45) is 0 Å². The minimum atomic E-state index is -0.306. The highest BCUT2D eigenvalue weighted by Crippen LogP contribution is 2.30. The molecule has 1 amide bonds. The number of carbonyl (C=O) groups excluding carboxylic acids is 1. The van der Waals surface area contributed by atoms with Crippen LogP contribution in [0.15, 0.2) is 54.2 Å². The Hall–Kier alpha value is -3.39. The summed E-state index contributed by atoms with van der Waals surface area (Å²) in [7, 11) is 0. The third-order valence-electron chi connectivity index (χ3n) is 4.37. The summed E-state index contributed by atoms with van der Waals surface area (Å²) in [5.41, 5.74) is 3.42. The third-order valence-corrected chi connectivity index (χ3v) is 5.25. The van der Waals surface area contributed by atoms with Crippen molar-refractivity contribution < 1.29 is 9.18 Å². The number of aryl methyl sites for hydroxylation is 1. The average molecular weight is 407 g/mol. The first-order chi connectivity index (χ1) is 14.1. The Morgan fingerprint density at radius 1 is 1.21 bits per heavy atom. The van der Waals surface area contributed by atoms with E-state index in [4.69, 9.17) is 0 Å². The lowest BCUT2D eigenvalue weighted by Gasteiger charge is -2.10. The molecule has 0 fully saturated rings. The molecule has 3 heterocycles. The molecule has 29 heavy (non-hydrogen) atoms. The van der Waals surface area contributed by atoms with Crippen LogP contribution in [0, 0.1) is 12.7 Å². The quantitative estimate of drug-likeness (QED) is 0.537. The smallest absolute Gasteiger partial charge is 0.255 e. The van der Waals surface area contributed by atoms with Gasteiger partial charge in [0.25, 0.3) is 11.9 Å². The molecule has 4 rings (SSSR count). The number of amides is 1. The maximum atomic E-state index is 13.3. The van der Waals surface area contributed by atoms with Crippen molar-refractivity contribution in [3.8, 4) is 27.8 Å². The number of aromatic nitrogens is 4. The molecule has 0 radical (unpaired) electrons. The number of hydrogen-bond donors (Lipinski definition) is 1. The Morgan fingerprint density at radius 3 is 2.69 bits per heavy atom.